The van der Waals surface area contributed by atoms with Crippen LogP contribution in [0.4, 0.5) is 5.69 Å². The molecule has 4 nitrogen and oxygen atoms in total. The first-order chi connectivity index (χ1) is 7.22. The van der Waals surface area contributed by atoms with Crippen molar-refractivity contribution in [2.24, 2.45) is 0 Å². The van der Waals surface area contributed by atoms with Crippen LogP contribution in [0.5, 0.6) is 5.75 Å². The van der Waals surface area contributed by atoms with Gasteiger partial charge >= 0.3 is 0 Å². The fourth-order valence-corrected chi connectivity index (χ4v) is 0.954. The Morgan fingerprint density at radius 2 is 2.40 bits per heavy atom. The van der Waals surface area contributed by atoms with Crippen molar-refractivity contribution in [3.63, 3.8) is 0 Å². The second-order valence-electron chi connectivity index (χ2n) is 2.84. The van der Waals surface area contributed by atoms with Gasteiger partial charge in [0.15, 0.2) is 6.61 Å². The minimum Gasteiger partial charge on any atom is -0.484 e. The Bertz CT molecular complexity index is 382. The molecule has 0 bridgehead atoms. The Hall–Kier alpha value is -2.15. The number of nitrogen functional groups attached to an aromatic ring is 1. The Labute approximate surface area is 88.4 Å². The standard InChI is InChI=1S/C11H12N2O2/c1-2-6-13-11(14)8-15-10-5-3-4-9(12)7-10/h1,3-5,7H,6,8,12H2,(H,13,14). The summed E-state index contributed by atoms with van der Waals surface area (Å²) in [7, 11) is 0. The lowest BCUT2D eigenvalue weighted by molar-refractivity contribution is -0.122. The van der Waals surface area contributed by atoms with Crippen LogP contribution in [0.15, 0.2) is 24.3 Å². The van der Waals surface area contributed by atoms with Crippen molar-refractivity contribution in [2.75, 3.05) is 18.9 Å². The SMILES string of the molecule is C#CCNC(=O)COc1cccc(N)c1. The summed E-state index contributed by atoms with van der Waals surface area (Å²) < 4.78 is 5.19. The van der Waals surface area contributed by atoms with Crippen LogP contribution in [0.25, 0.3) is 0 Å². The maximum Gasteiger partial charge on any atom is 0.258 e. The van der Waals surface area contributed by atoms with Gasteiger partial charge in [-0.05, 0) is 12.1 Å². The average molecular weight is 204 g/mol. The van der Waals surface area contributed by atoms with E-state index < -0.39 is 0 Å². The Kier molecular flexibility index (Phi) is 4.05. The van der Waals surface area contributed by atoms with Crippen molar-refractivity contribution in [2.45, 2.75) is 0 Å². The lowest BCUT2D eigenvalue weighted by Crippen LogP contribution is -2.29. The second kappa shape index (κ2) is 5.55. The normalized spacial score (nSPS) is 9.00. The zero-order valence-electron chi connectivity index (χ0n) is 8.19. The molecule has 1 aromatic carbocycles. The van der Waals surface area contributed by atoms with Crippen molar-refractivity contribution in [3.8, 4) is 18.1 Å². The van der Waals surface area contributed by atoms with Crippen LogP contribution in [0.2, 0.25) is 0 Å². The van der Waals surface area contributed by atoms with E-state index in [0.29, 0.717) is 11.4 Å². The predicted molar refractivity (Wildman–Crippen MR) is 58.2 cm³/mol. The maximum atomic E-state index is 11.1. The van der Waals surface area contributed by atoms with Crippen LogP contribution in [-0.2, 0) is 4.79 Å². The van der Waals surface area contributed by atoms with E-state index in [4.69, 9.17) is 16.9 Å². The van der Waals surface area contributed by atoms with E-state index in [1.807, 2.05) is 0 Å². The van der Waals surface area contributed by atoms with Gasteiger partial charge in [0, 0.05) is 11.8 Å². The van der Waals surface area contributed by atoms with E-state index in [9.17, 15) is 4.79 Å². The quantitative estimate of drug-likeness (QED) is 0.551. The molecule has 0 unspecified atom stereocenters. The summed E-state index contributed by atoms with van der Waals surface area (Å²) in [6.45, 7) is 0.143. The Morgan fingerprint density at radius 3 is 3.07 bits per heavy atom. The van der Waals surface area contributed by atoms with Crippen molar-refractivity contribution in [3.05, 3.63) is 24.3 Å². The van der Waals surface area contributed by atoms with Crippen LogP contribution >= 0.6 is 0 Å². The van der Waals surface area contributed by atoms with E-state index in [-0.39, 0.29) is 19.1 Å². The minimum absolute atomic E-state index is 0.0644. The molecule has 0 aliphatic heterocycles. The van der Waals surface area contributed by atoms with Gasteiger partial charge in [0.25, 0.3) is 5.91 Å². The predicted octanol–water partition coefficient (Wildman–Crippen LogP) is 0.397. The summed E-state index contributed by atoms with van der Waals surface area (Å²) >= 11 is 0. The highest BCUT2D eigenvalue weighted by atomic mass is 16.5. The molecule has 0 aromatic heterocycles. The molecular formula is C11H12N2O2. The molecular weight excluding hydrogens is 192 g/mol. The second-order valence-corrected chi connectivity index (χ2v) is 2.84. The van der Waals surface area contributed by atoms with Gasteiger partial charge in [0.1, 0.15) is 5.75 Å². The van der Waals surface area contributed by atoms with Gasteiger partial charge in [0.2, 0.25) is 0 Å². The van der Waals surface area contributed by atoms with Gasteiger partial charge in [-0.2, -0.15) is 0 Å². The summed E-state index contributed by atoms with van der Waals surface area (Å²) in [6, 6.07) is 6.87. The van der Waals surface area contributed by atoms with E-state index >= 15 is 0 Å². The lowest BCUT2D eigenvalue weighted by atomic mass is 10.3. The summed E-state index contributed by atoms with van der Waals surface area (Å²) in [5.74, 6) is 2.61. The molecule has 0 saturated heterocycles. The third kappa shape index (κ3) is 4.05. The monoisotopic (exact) mass is 204 g/mol. The number of hydrogen-bond acceptors (Lipinski definition) is 3. The van der Waals surface area contributed by atoms with Crippen LogP contribution in [-0.4, -0.2) is 19.1 Å². The Morgan fingerprint density at radius 1 is 1.60 bits per heavy atom. The molecule has 0 aliphatic rings. The zero-order chi connectivity index (χ0) is 11.1. The molecule has 1 amide bonds. The molecule has 0 spiro atoms. The van der Waals surface area contributed by atoms with Crippen molar-refractivity contribution < 1.29 is 9.53 Å². The van der Waals surface area contributed by atoms with Crippen LogP contribution < -0.4 is 15.8 Å². The molecule has 15 heavy (non-hydrogen) atoms. The van der Waals surface area contributed by atoms with Crippen LogP contribution in [0.3, 0.4) is 0 Å². The smallest absolute Gasteiger partial charge is 0.258 e. The van der Waals surface area contributed by atoms with Crippen LogP contribution in [0, 0.1) is 12.3 Å². The number of carbonyl (C=O) groups excluding carboxylic acids is 1. The van der Waals surface area contributed by atoms with Gasteiger partial charge in [-0.3, -0.25) is 4.79 Å². The van der Waals surface area contributed by atoms with Crippen molar-refractivity contribution in [1.82, 2.24) is 5.32 Å². The van der Waals surface area contributed by atoms with Crippen LogP contribution in [0.1, 0.15) is 0 Å². The molecule has 0 heterocycles. The Balaban J connectivity index is 2.37. The molecule has 0 atom stereocenters. The number of nitrogens with one attached hydrogen (secondary N) is 1. The van der Waals surface area contributed by atoms with E-state index in [1.165, 1.54) is 0 Å². The van der Waals surface area contributed by atoms with E-state index in [1.54, 1.807) is 24.3 Å². The number of benzene rings is 1. The van der Waals surface area contributed by atoms with Gasteiger partial charge in [-0.1, -0.05) is 12.0 Å². The highest BCUT2D eigenvalue weighted by Crippen LogP contribution is 2.13. The molecule has 0 saturated carbocycles. The van der Waals surface area contributed by atoms with E-state index in [0.717, 1.165) is 0 Å². The lowest BCUT2D eigenvalue weighted by Gasteiger charge is -2.05. The first-order valence-corrected chi connectivity index (χ1v) is 4.41. The highest BCUT2D eigenvalue weighted by Gasteiger charge is 2.00. The number of nitrogens with two attached hydrogens (primary N) is 1. The molecule has 3 N–H and O–H groups in total. The third-order valence-corrected chi connectivity index (χ3v) is 1.62. The fourth-order valence-electron chi connectivity index (χ4n) is 0.954. The summed E-state index contributed by atoms with van der Waals surface area (Å²) in [5, 5.41) is 2.49. The van der Waals surface area contributed by atoms with Gasteiger partial charge in [-0.25, -0.2) is 0 Å². The van der Waals surface area contributed by atoms with Gasteiger partial charge in [0.05, 0.1) is 6.54 Å². The fraction of sp³-hybridized carbons (Fsp3) is 0.182. The molecule has 1 aromatic rings. The number of anilines is 1. The van der Waals surface area contributed by atoms with Gasteiger partial charge < -0.3 is 15.8 Å². The number of amides is 1. The topological polar surface area (TPSA) is 64.3 Å². The third-order valence-electron chi connectivity index (χ3n) is 1.62. The first kappa shape index (κ1) is 10.9. The number of rotatable bonds is 4. The molecule has 0 aliphatic carbocycles. The van der Waals surface area contributed by atoms with Gasteiger partial charge in [-0.15, -0.1) is 6.42 Å². The first-order valence-electron chi connectivity index (χ1n) is 4.41. The average Bonchev–Trinajstić information content (AvgIpc) is 2.23. The number of ether oxygens (including phenoxy) is 1. The molecule has 78 valence electrons. The molecule has 0 radical (unpaired) electrons. The number of hydrogen-bond donors (Lipinski definition) is 2. The molecule has 0 fully saturated rings. The minimum atomic E-state index is -0.254. The van der Waals surface area contributed by atoms with E-state index in [2.05, 4.69) is 11.2 Å². The summed E-state index contributed by atoms with van der Waals surface area (Å²) in [4.78, 5) is 11.1. The number of carbonyl (C=O) groups is 1. The van der Waals surface area contributed by atoms with Crippen molar-refractivity contribution >= 4 is 11.6 Å². The zero-order valence-corrected chi connectivity index (χ0v) is 8.19. The summed E-state index contributed by atoms with van der Waals surface area (Å²) in [5.41, 5.74) is 6.13. The molecule has 4 heteroatoms. The number of terminal acetylenes is 1. The van der Waals surface area contributed by atoms with Crippen molar-refractivity contribution in [1.29, 1.82) is 0 Å². The highest BCUT2D eigenvalue weighted by molar-refractivity contribution is 5.77. The summed E-state index contributed by atoms with van der Waals surface area (Å²) in [6.07, 6.45) is 4.98. The maximum absolute atomic E-state index is 11.1. The largest absolute Gasteiger partial charge is 0.484 e. The molecule has 1 rings (SSSR count).